The molecule has 1 aromatic heterocycles. The summed E-state index contributed by atoms with van der Waals surface area (Å²) in [5.74, 6) is 0.879. The summed E-state index contributed by atoms with van der Waals surface area (Å²) >= 11 is 0. The van der Waals surface area contributed by atoms with Gasteiger partial charge < -0.3 is 15.6 Å². The molecule has 2 unspecified atom stereocenters. The fourth-order valence-electron chi connectivity index (χ4n) is 4.22. The summed E-state index contributed by atoms with van der Waals surface area (Å²) in [5, 5.41) is 3.20. The molecule has 2 aliphatic rings. The van der Waals surface area contributed by atoms with Crippen LogP contribution >= 0.6 is 0 Å². The molecule has 3 N–H and O–H groups in total. The van der Waals surface area contributed by atoms with E-state index in [0.29, 0.717) is 6.04 Å². The summed E-state index contributed by atoms with van der Waals surface area (Å²) in [7, 11) is 1.85. The molecule has 0 saturated heterocycles. The number of primary amides is 1. The Morgan fingerprint density at radius 1 is 1.38 bits per heavy atom. The summed E-state index contributed by atoms with van der Waals surface area (Å²) in [6.07, 6.45) is 8.47. The maximum absolute atomic E-state index is 11.9. The van der Waals surface area contributed by atoms with Gasteiger partial charge in [0.25, 0.3) is 0 Å². The molecule has 21 heavy (non-hydrogen) atoms. The molecule has 1 amide bonds. The average Bonchev–Trinajstić information content (AvgIpc) is 2.82. The average molecular weight is 290 g/mol. The van der Waals surface area contributed by atoms with E-state index in [1.165, 1.54) is 24.2 Å². The molecule has 0 aromatic carbocycles. The van der Waals surface area contributed by atoms with E-state index in [4.69, 9.17) is 10.7 Å². The number of hydrogen-bond acceptors (Lipinski definition) is 3. The SMILES string of the molecule is CNC1(C(N)=O)CCCC(n2c(C)nc3c2CCCC3)C1. The van der Waals surface area contributed by atoms with Gasteiger partial charge in [0.05, 0.1) is 11.2 Å². The van der Waals surface area contributed by atoms with Crippen LogP contribution in [0.4, 0.5) is 0 Å². The molecule has 1 aromatic rings. The number of nitrogens with one attached hydrogen (secondary N) is 1. The van der Waals surface area contributed by atoms with Crippen molar-refractivity contribution in [1.29, 1.82) is 0 Å². The van der Waals surface area contributed by atoms with Crippen molar-refractivity contribution in [2.75, 3.05) is 7.05 Å². The molecule has 3 rings (SSSR count). The van der Waals surface area contributed by atoms with Crippen LogP contribution in [0, 0.1) is 6.92 Å². The Morgan fingerprint density at radius 3 is 2.86 bits per heavy atom. The molecule has 0 bridgehead atoms. The highest BCUT2D eigenvalue weighted by molar-refractivity contribution is 5.84. The van der Waals surface area contributed by atoms with Crippen molar-refractivity contribution in [1.82, 2.24) is 14.9 Å². The lowest BCUT2D eigenvalue weighted by Gasteiger charge is -2.39. The van der Waals surface area contributed by atoms with Crippen LogP contribution in [0.25, 0.3) is 0 Å². The number of rotatable bonds is 3. The van der Waals surface area contributed by atoms with Gasteiger partial charge in [0, 0.05) is 11.7 Å². The second-order valence-electron chi connectivity index (χ2n) is 6.58. The van der Waals surface area contributed by atoms with Crippen molar-refractivity contribution in [2.24, 2.45) is 5.73 Å². The molecular formula is C16H26N4O. The Kier molecular flexibility index (Phi) is 3.78. The van der Waals surface area contributed by atoms with Gasteiger partial charge in [-0.3, -0.25) is 4.79 Å². The van der Waals surface area contributed by atoms with Gasteiger partial charge in [-0.25, -0.2) is 4.98 Å². The zero-order chi connectivity index (χ0) is 15.0. The molecule has 1 saturated carbocycles. The predicted molar refractivity (Wildman–Crippen MR) is 82.1 cm³/mol. The first-order valence-corrected chi connectivity index (χ1v) is 8.13. The first kappa shape index (κ1) is 14.6. The summed E-state index contributed by atoms with van der Waals surface area (Å²) in [4.78, 5) is 16.7. The van der Waals surface area contributed by atoms with E-state index in [9.17, 15) is 4.79 Å². The Morgan fingerprint density at radius 2 is 2.14 bits per heavy atom. The van der Waals surface area contributed by atoms with E-state index in [2.05, 4.69) is 16.8 Å². The highest BCUT2D eigenvalue weighted by atomic mass is 16.1. The Labute approximate surface area is 126 Å². The van der Waals surface area contributed by atoms with Crippen molar-refractivity contribution in [2.45, 2.75) is 69.9 Å². The first-order valence-electron chi connectivity index (χ1n) is 8.13. The van der Waals surface area contributed by atoms with Crippen LogP contribution in [0.15, 0.2) is 0 Å². The van der Waals surface area contributed by atoms with Gasteiger partial charge in [-0.2, -0.15) is 0 Å². The van der Waals surface area contributed by atoms with E-state index in [1.807, 2.05) is 7.05 Å². The largest absolute Gasteiger partial charge is 0.368 e. The number of imidazole rings is 1. The van der Waals surface area contributed by atoms with Gasteiger partial charge in [-0.15, -0.1) is 0 Å². The normalized spacial score (nSPS) is 29.1. The number of fused-ring (bicyclic) bond motifs is 1. The standard InChI is InChI=1S/C16H26N4O/c1-11-19-13-7-3-4-8-14(13)20(11)12-6-5-9-16(10-12,18-2)15(17)21/h12,18H,3-10H2,1-2H3,(H2,17,21). The lowest BCUT2D eigenvalue weighted by molar-refractivity contribution is -0.126. The Hall–Kier alpha value is -1.36. The summed E-state index contributed by atoms with van der Waals surface area (Å²) < 4.78 is 2.41. The van der Waals surface area contributed by atoms with Crippen molar-refractivity contribution < 1.29 is 4.79 Å². The fraction of sp³-hybridized carbons (Fsp3) is 0.750. The third kappa shape index (κ3) is 2.37. The predicted octanol–water partition coefficient (Wildman–Crippen LogP) is 1.63. The monoisotopic (exact) mass is 290 g/mol. The Balaban J connectivity index is 1.94. The van der Waals surface area contributed by atoms with E-state index < -0.39 is 5.54 Å². The number of carbonyl (C=O) groups is 1. The van der Waals surface area contributed by atoms with E-state index in [0.717, 1.165) is 44.3 Å². The topological polar surface area (TPSA) is 72.9 Å². The maximum Gasteiger partial charge on any atom is 0.237 e. The summed E-state index contributed by atoms with van der Waals surface area (Å²) in [5.41, 5.74) is 7.80. The van der Waals surface area contributed by atoms with Gasteiger partial charge in [-0.1, -0.05) is 0 Å². The molecule has 1 fully saturated rings. The van der Waals surface area contributed by atoms with Gasteiger partial charge in [0.2, 0.25) is 5.91 Å². The molecular weight excluding hydrogens is 264 g/mol. The summed E-state index contributed by atoms with van der Waals surface area (Å²) in [6.45, 7) is 2.10. The number of nitrogens with two attached hydrogens (primary N) is 1. The highest BCUT2D eigenvalue weighted by Gasteiger charge is 2.41. The molecule has 0 radical (unpaired) electrons. The number of likely N-dealkylation sites (N-methyl/N-ethyl adjacent to an activating group) is 1. The minimum Gasteiger partial charge on any atom is -0.368 e. The van der Waals surface area contributed by atoms with E-state index in [-0.39, 0.29) is 5.91 Å². The molecule has 1 heterocycles. The number of hydrogen-bond donors (Lipinski definition) is 2. The second-order valence-corrected chi connectivity index (χ2v) is 6.58. The number of aromatic nitrogens is 2. The lowest BCUT2D eigenvalue weighted by atomic mass is 9.78. The molecule has 5 nitrogen and oxygen atoms in total. The third-order valence-corrected chi connectivity index (χ3v) is 5.39. The zero-order valence-electron chi connectivity index (χ0n) is 13.1. The van der Waals surface area contributed by atoms with Crippen LogP contribution < -0.4 is 11.1 Å². The maximum atomic E-state index is 11.9. The van der Waals surface area contributed by atoms with Gasteiger partial charge in [0.15, 0.2) is 0 Å². The van der Waals surface area contributed by atoms with Gasteiger partial charge in [-0.05, 0) is 65.3 Å². The number of amides is 1. The molecule has 5 heteroatoms. The molecule has 2 aliphatic carbocycles. The van der Waals surface area contributed by atoms with Crippen LogP contribution in [0.2, 0.25) is 0 Å². The number of nitrogens with zero attached hydrogens (tertiary/aromatic N) is 2. The minimum absolute atomic E-state index is 0.221. The molecule has 0 spiro atoms. The second kappa shape index (κ2) is 5.44. The van der Waals surface area contributed by atoms with Crippen molar-refractivity contribution in [3.05, 3.63) is 17.2 Å². The smallest absolute Gasteiger partial charge is 0.237 e. The van der Waals surface area contributed by atoms with Gasteiger partial charge in [0.1, 0.15) is 5.82 Å². The zero-order valence-corrected chi connectivity index (χ0v) is 13.1. The van der Waals surface area contributed by atoms with Crippen molar-refractivity contribution in [3.8, 4) is 0 Å². The lowest BCUT2D eigenvalue weighted by Crippen LogP contribution is -2.56. The van der Waals surface area contributed by atoms with Crippen LogP contribution in [0.3, 0.4) is 0 Å². The molecule has 2 atom stereocenters. The van der Waals surface area contributed by atoms with Gasteiger partial charge >= 0.3 is 0 Å². The van der Waals surface area contributed by atoms with Crippen LogP contribution in [-0.4, -0.2) is 28.0 Å². The van der Waals surface area contributed by atoms with Crippen LogP contribution in [0.5, 0.6) is 0 Å². The molecule has 116 valence electrons. The Bertz CT molecular complexity index is 551. The van der Waals surface area contributed by atoms with Crippen molar-refractivity contribution in [3.63, 3.8) is 0 Å². The molecule has 0 aliphatic heterocycles. The third-order valence-electron chi connectivity index (χ3n) is 5.39. The first-order chi connectivity index (χ1) is 10.1. The number of carbonyl (C=O) groups excluding carboxylic acids is 1. The highest BCUT2D eigenvalue weighted by Crippen LogP contribution is 2.38. The van der Waals surface area contributed by atoms with Crippen LogP contribution in [0.1, 0.15) is 61.8 Å². The van der Waals surface area contributed by atoms with Crippen LogP contribution in [-0.2, 0) is 17.6 Å². The van der Waals surface area contributed by atoms with E-state index in [1.54, 1.807) is 0 Å². The number of aryl methyl sites for hydroxylation is 2. The summed E-state index contributed by atoms with van der Waals surface area (Å²) in [6, 6.07) is 0.341. The van der Waals surface area contributed by atoms with Crippen molar-refractivity contribution >= 4 is 5.91 Å². The fourth-order valence-corrected chi connectivity index (χ4v) is 4.22. The quantitative estimate of drug-likeness (QED) is 0.888. The van der Waals surface area contributed by atoms with E-state index >= 15 is 0 Å². The minimum atomic E-state index is -0.554.